The highest BCUT2D eigenvalue weighted by Crippen LogP contribution is 2.26. The molecule has 8 N–H and O–H groups in total. The lowest BCUT2D eigenvalue weighted by atomic mass is 10.8. The van der Waals surface area contributed by atoms with E-state index in [1.54, 1.807) is 0 Å². The van der Waals surface area contributed by atoms with Gasteiger partial charge in [-0.1, -0.05) is 0 Å². The van der Waals surface area contributed by atoms with Crippen LogP contribution in [0.3, 0.4) is 0 Å². The van der Waals surface area contributed by atoms with E-state index in [4.69, 9.17) is 38.5 Å². The van der Waals surface area contributed by atoms with Crippen molar-refractivity contribution in [3.05, 3.63) is 0 Å². The summed E-state index contributed by atoms with van der Waals surface area (Å²) in [7, 11) is -9.28. The van der Waals surface area contributed by atoms with Crippen molar-refractivity contribution in [2.24, 2.45) is 5.73 Å². The molecule has 0 heterocycles. The Morgan fingerprint density at radius 3 is 0.929 bits per heavy atom. The van der Waals surface area contributed by atoms with Crippen molar-refractivity contribution >= 4 is 21.6 Å². The molecule has 0 radical (unpaired) electrons. The second kappa shape index (κ2) is 8.04. The second-order valence-corrected chi connectivity index (χ2v) is 3.69. The predicted octanol–water partition coefficient (Wildman–Crippen LogP) is -2.37. The number of phosphoric acid groups is 2. The number of amides is 1. The summed E-state index contributed by atoms with van der Waals surface area (Å²) in [5.41, 5.74) is 4.47. The number of primary amides is 1. The van der Waals surface area contributed by atoms with E-state index >= 15 is 0 Å². The molecular weight excluding hydrogens is 244 g/mol. The summed E-state index contributed by atoms with van der Waals surface area (Å²) in [6, 6.07) is 0. The Bertz CT molecular complexity index is 197. The quantitative estimate of drug-likeness (QED) is 0.231. The zero-order chi connectivity index (χ0) is 12.6. The highest BCUT2D eigenvalue weighted by Gasteiger charge is 2.00. The van der Waals surface area contributed by atoms with Gasteiger partial charge in [-0.3, -0.25) is 4.79 Å². The number of rotatable bonds is 0. The van der Waals surface area contributed by atoms with E-state index in [2.05, 4.69) is 5.73 Å². The van der Waals surface area contributed by atoms with Crippen molar-refractivity contribution in [1.82, 2.24) is 0 Å². The lowest BCUT2D eigenvalue weighted by Gasteiger charge is -1.82. The summed E-state index contributed by atoms with van der Waals surface area (Å²) in [6.07, 6.45) is 0. The minimum atomic E-state index is -4.64. The van der Waals surface area contributed by atoms with Gasteiger partial charge >= 0.3 is 15.6 Å². The minimum absolute atomic E-state index is 0.333. The van der Waals surface area contributed by atoms with Gasteiger partial charge < -0.3 is 35.1 Å². The predicted molar refractivity (Wildman–Crippen MR) is 43.4 cm³/mol. The monoisotopic (exact) mass is 255 g/mol. The summed E-state index contributed by atoms with van der Waals surface area (Å²) in [4.78, 5) is 52.3. The third-order valence-electron chi connectivity index (χ3n) is 0. The molecule has 14 heavy (non-hydrogen) atoms. The summed E-state index contributed by atoms with van der Waals surface area (Å²) in [6.45, 7) is 1.31. The second-order valence-electron chi connectivity index (χ2n) is 1.64. The van der Waals surface area contributed by atoms with Crippen LogP contribution in [0.5, 0.6) is 0 Å². The molecule has 12 heteroatoms. The first kappa shape index (κ1) is 19.3. The van der Waals surface area contributed by atoms with Gasteiger partial charge in [-0.2, -0.15) is 0 Å². The van der Waals surface area contributed by atoms with Gasteiger partial charge in [-0.05, 0) is 0 Å². The molecule has 0 aromatic carbocycles. The molecule has 0 atom stereocenters. The van der Waals surface area contributed by atoms with E-state index in [-0.39, 0.29) is 5.91 Å². The molecule has 0 unspecified atom stereocenters. The smallest absolute Gasteiger partial charge is 0.370 e. The molecule has 0 aliphatic rings. The molecule has 0 rings (SSSR count). The normalized spacial score (nSPS) is 10.2. The Morgan fingerprint density at radius 1 is 0.929 bits per heavy atom. The molecule has 1 amide bonds. The van der Waals surface area contributed by atoms with E-state index in [0.29, 0.717) is 0 Å². The van der Waals surface area contributed by atoms with Gasteiger partial charge in [-0.15, -0.1) is 0 Å². The topological polar surface area (TPSA) is 199 Å². The van der Waals surface area contributed by atoms with E-state index in [1.165, 1.54) is 6.92 Å². The Morgan fingerprint density at radius 2 is 0.929 bits per heavy atom. The Balaban J connectivity index is -0.000000131. The van der Waals surface area contributed by atoms with Crippen LogP contribution >= 0.6 is 15.6 Å². The van der Waals surface area contributed by atoms with Gasteiger partial charge in [0.15, 0.2) is 0 Å². The van der Waals surface area contributed by atoms with Crippen LogP contribution < -0.4 is 5.73 Å². The van der Waals surface area contributed by atoms with Crippen molar-refractivity contribution < 1.29 is 43.3 Å². The number of nitrogens with two attached hydrogens (primary N) is 1. The Labute approximate surface area is 78.5 Å². The standard InChI is InChI=1S/C2H5NO.2H3O4P/c1-2(3)4;2*1-5(2,3)4/h1H3,(H2,3,4);2*(H3,1,2,3,4). The molecule has 0 aliphatic carbocycles. The highest BCUT2D eigenvalue weighted by atomic mass is 31.2. The molecule has 0 saturated carbocycles. The lowest BCUT2D eigenvalue weighted by molar-refractivity contribution is -0.115. The molecule has 10 nitrogen and oxygen atoms in total. The van der Waals surface area contributed by atoms with Crippen LogP contribution in [0.2, 0.25) is 0 Å². The van der Waals surface area contributed by atoms with Crippen molar-refractivity contribution in [3.8, 4) is 0 Å². The first-order chi connectivity index (χ1) is 5.73. The van der Waals surface area contributed by atoms with Crippen molar-refractivity contribution in [2.75, 3.05) is 0 Å². The summed E-state index contributed by atoms with van der Waals surface area (Å²) in [5.74, 6) is -0.333. The molecule has 0 aliphatic heterocycles. The third kappa shape index (κ3) is 13900. The maximum absolute atomic E-state index is 9.22. The van der Waals surface area contributed by atoms with E-state index in [9.17, 15) is 4.79 Å². The average molecular weight is 255 g/mol. The Hall–Kier alpha value is -0.310. The van der Waals surface area contributed by atoms with Gasteiger partial charge in [-0.25, -0.2) is 9.13 Å². The maximum Gasteiger partial charge on any atom is 0.466 e. The van der Waals surface area contributed by atoms with E-state index < -0.39 is 15.6 Å². The van der Waals surface area contributed by atoms with Crippen LogP contribution in [0.15, 0.2) is 0 Å². The summed E-state index contributed by atoms with van der Waals surface area (Å²) in [5, 5.41) is 0. The Kier molecular flexibility index (Phi) is 11.1. The van der Waals surface area contributed by atoms with Crippen LogP contribution in [0.25, 0.3) is 0 Å². The zero-order valence-corrected chi connectivity index (χ0v) is 8.67. The largest absolute Gasteiger partial charge is 0.466 e. The van der Waals surface area contributed by atoms with Crippen molar-refractivity contribution in [2.45, 2.75) is 6.92 Å². The minimum Gasteiger partial charge on any atom is -0.370 e. The summed E-state index contributed by atoms with van der Waals surface area (Å²) >= 11 is 0. The van der Waals surface area contributed by atoms with Crippen molar-refractivity contribution in [3.63, 3.8) is 0 Å². The number of carbonyl (C=O) groups excluding carboxylic acids is 1. The molecule has 0 aromatic rings. The fourth-order valence-corrected chi connectivity index (χ4v) is 0. The molecule has 0 saturated heterocycles. The van der Waals surface area contributed by atoms with Gasteiger partial charge in [0.1, 0.15) is 0 Å². The number of carbonyl (C=O) groups is 1. The molecule has 0 bridgehead atoms. The SMILES string of the molecule is CC(N)=O.O=P(O)(O)O.O=P(O)(O)O. The van der Waals surface area contributed by atoms with Gasteiger partial charge in [0.2, 0.25) is 5.91 Å². The first-order valence-corrected chi connectivity index (χ1v) is 5.69. The lowest BCUT2D eigenvalue weighted by Crippen LogP contribution is -2.01. The maximum atomic E-state index is 9.22. The molecule has 0 aromatic heterocycles. The molecule has 88 valence electrons. The van der Waals surface area contributed by atoms with E-state index in [0.717, 1.165) is 0 Å². The van der Waals surface area contributed by atoms with Crippen LogP contribution in [-0.4, -0.2) is 35.3 Å². The van der Waals surface area contributed by atoms with Crippen molar-refractivity contribution in [1.29, 1.82) is 0 Å². The van der Waals surface area contributed by atoms with Gasteiger partial charge in [0.25, 0.3) is 0 Å². The third-order valence-corrected chi connectivity index (χ3v) is 0. The highest BCUT2D eigenvalue weighted by molar-refractivity contribution is 7.45. The average Bonchev–Trinajstić information content (AvgIpc) is 1.45. The first-order valence-electron chi connectivity index (χ1n) is 2.56. The van der Waals surface area contributed by atoms with Crippen LogP contribution in [0, 0.1) is 0 Å². The zero-order valence-electron chi connectivity index (χ0n) is 6.88. The molecular formula is C2H11NO9P2. The van der Waals surface area contributed by atoms with Crippen LogP contribution in [0.4, 0.5) is 0 Å². The van der Waals surface area contributed by atoms with E-state index in [1.807, 2.05) is 0 Å². The van der Waals surface area contributed by atoms with Gasteiger partial charge in [0.05, 0.1) is 0 Å². The summed E-state index contributed by atoms with van der Waals surface area (Å²) < 4.78 is 17.8. The van der Waals surface area contributed by atoms with Gasteiger partial charge in [0, 0.05) is 6.92 Å². The molecule has 0 fully saturated rings. The number of hydrogen-bond acceptors (Lipinski definition) is 3. The van der Waals surface area contributed by atoms with Crippen LogP contribution in [0.1, 0.15) is 6.92 Å². The number of hydrogen-bond donors (Lipinski definition) is 7. The fraction of sp³-hybridized carbons (Fsp3) is 0.500. The van der Waals surface area contributed by atoms with Crippen LogP contribution in [-0.2, 0) is 13.9 Å². The fourth-order valence-electron chi connectivity index (χ4n) is 0. The molecule has 0 spiro atoms.